The van der Waals surface area contributed by atoms with E-state index in [0.717, 1.165) is 29.0 Å². The molecule has 1 atom stereocenters. The van der Waals surface area contributed by atoms with Crippen LogP contribution in [-0.4, -0.2) is 26.3 Å². The normalized spacial score (nSPS) is 18.8. The third-order valence-corrected chi connectivity index (χ3v) is 4.10. The molecule has 1 aromatic carbocycles. The predicted octanol–water partition coefficient (Wildman–Crippen LogP) is 2.62. The molecule has 0 saturated heterocycles. The lowest BCUT2D eigenvalue weighted by atomic mass is 9.89. The molecule has 0 radical (unpaired) electrons. The molecule has 0 aliphatic heterocycles. The molecular formula is C13H16O3S. The van der Waals surface area contributed by atoms with Crippen molar-refractivity contribution in [1.29, 1.82) is 0 Å². The molecule has 1 aliphatic rings. The summed E-state index contributed by atoms with van der Waals surface area (Å²) in [5.74, 6) is 1.81. The van der Waals surface area contributed by atoms with Gasteiger partial charge in [-0.05, 0) is 24.3 Å². The summed E-state index contributed by atoms with van der Waals surface area (Å²) in [6.45, 7) is 0. The summed E-state index contributed by atoms with van der Waals surface area (Å²) < 4.78 is 10.7. The molecule has 0 amide bonds. The summed E-state index contributed by atoms with van der Waals surface area (Å²) >= 11 is 1.58. The van der Waals surface area contributed by atoms with E-state index >= 15 is 0 Å². The van der Waals surface area contributed by atoms with Crippen molar-refractivity contribution in [2.45, 2.75) is 18.1 Å². The second kappa shape index (κ2) is 5.00. The molecule has 1 aromatic rings. The number of methoxy groups -OCH3 is 2. The van der Waals surface area contributed by atoms with E-state index in [9.17, 15) is 4.79 Å². The second-order valence-electron chi connectivity index (χ2n) is 3.95. The van der Waals surface area contributed by atoms with Crippen molar-refractivity contribution in [3.8, 4) is 11.5 Å². The highest BCUT2D eigenvalue weighted by Crippen LogP contribution is 2.43. The molecule has 0 unspecified atom stereocenters. The third kappa shape index (κ3) is 2.02. The van der Waals surface area contributed by atoms with Crippen molar-refractivity contribution in [3.63, 3.8) is 0 Å². The maximum Gasteiger partial charge on any atom is 0.164 e. The fourth-order valence-electron chi connectivity index (χ4n) is 2.32. The lowest BCUT2D eigenvalue weighted by Crippen LogP contribution is -2.18. The number of ether oxygens (including phenoxy) is 2. The number of benzene rings is 1. The number of fused-ring (bicyclic) bond motifs is 1. The first-order valence-electron chi connectivity index (χ1n) is 5.52. The van der Waals surface area contributed by atoms with Gasteiger partial charge in [-0.2, -0.15) is 0 Å². The van der Waals surface area contributed by atoms with Gasteiger partial charge in [-0.1, -0.05) is 6.07 Å². The number of hydrogen-bond donors (Lipinski definition) is 0. The molecule has 0 heterocycles. The van der Waals surface area contributed by atoms with Gasteiger partial charge >= 0.3 is 0 Å². The Bertz CT molecular complexity index is 443. The Hall–Kier alpha value is -1.16. The molecule has 0 fully saturated rings. The lowest BCUT2D eigenvalue weighted by molar-refractivity contribution is -0.119. The number of rotatable bonds is 3. The topological polar surface area (TPSA) is 35.5 Å². The smallest absolute Gasteiger partial charge is 0.164 e. The van der Waals surface area contributed by atoms with Crippen LogP contribution in [0.2, 0.25) is 0 Å². The van der Waals surface area contributed by atoms with Crippen LogP contribution >= 0.6 is 11.8 Å². The van der Waals surface area contributed by atoms with Crippen molar-refractivity contribution < 1.29 is 14.3 Å². The molecule has 0 saturated carbocycles. The molecule has 0 spiro atoms. The molecule has 92 valence electrons. The Labute approximate surface area is 105 Å². The van der Waals surface area contributed by atoms with Crippen LogP contribution in [0.25, 0.3) is 0 Å². The third-order valence-electron chi connectivity index (χ3n) is 3.12. The van der Waals surface area contributed by atoms with E-state index in [1.54, 1.807) is 26.0 Å². The van der Waals surface area contributed by atoms with Crippen LogP contribution in [0.1, 0.15) is 22.8 Å². The van der Waals surface area contributed by atoms with Gasteiger partial charge in [-0.25, -0.2) is 0 Å². The quantitative estimate of drug-likeness (QED) is 0.828. The highest BCUT2D eigenvalue weighted by atomic mass is 32.2. The molecule has 0 bridgehead atoms. The van der Waals surface area contributed by atoms with Gasteiger partial charge in [0.2, 0.25) is 0 Å². The number of hydrogen-bond acceptors (Lipinski definition) is 4. The first-order valence-corrected chi connectivity index (χ1v) is 6.81. The molecule has 17 heavy (non-hydrogen) atoms. The lowest BCUT2D eigenvalue weighted by Gasteiger charge is -2.25. The average Bonchev–Trinajstić information content (AvgIpc) is 2.37. The summed E-state index contributed by atoms with van der Waals surface area (Å²) in [5, 5.41) is -0.0569. The summed E-state index contributed by atoms with van der Waals surface area (Å²) in [5.41, 5.74) is 2.19. The molecular weight excluding hydrogens is 236 g/mol. The van der Waals surface area contributed by atoms with Gasteiger partial charge in [0.1, 0.15) is 0 Å². The Kier molecular flexibility index (Phi) is 3.62. The highest BCUT2D eigenvalue weighted by Gasteiger charge is 2.30. The van der Waals surface area contributed by atoms with Gasteiger partial charge in [0, 0.05) is 12.0 Å². The monoisotopic (exact) mass is 252 g/mol. The minimum absolute atomic E-state index is 0.0569. The Morgan fingerprint density at radius 3 is 2.59 bits per heavy atom. The van der Waals surface area contributed by atoms with E-state index in [1.165, 1.54) is 0 Å². The van der Waals surface area contributed by atoms with Crippen LogP contribution in [0.15, 0.2) is 12.1 Å². The predicted molar refractivity (Wildman–Crippen MR) is 69.1 cm³/mol. The van der Waals surface area contributed by atoms with Gasteiger partial charge < -0.3 is 9.47 Å². The van der Waals surface area contributed by atoms with Crippen LogP contribution in [-0.2, 0) is 11.2 Å². The van der Waals surface area contributed by atoms with Gasteiger partial charge in [-0.3, -0.25) is 4.79 Å². The number of Topliss-reactive ketones (excluding diaryl/α,β-unsaturated/α-hetero) is 1. The molecule has 0 N–H and O–H groups in total. The molecule has 2 rings (SSSR count). The van der Waals surface area contributed by atoms with E-state index in [2.05, 4.69) is 0 Å². The van der Waals surface area contributed by atoms with Crippen molar-refractivity contribution in [1.82, 2.24) is 0 Å². The Balaban J connectivity index is 2.55. The first-order chi connectivity index (χ1) is 8.22. The maximum absolute atomic E-state index is 11.8. The van der Waals surface area contributed by atoms with Crippen molar-refractivity contribution in [3.05, 3.63) is 23.3 Å². The van der Waals surface area contributed by atoms with E-state index < -0.39 is 0 Å². The van der Waals surface area contributed by atoms with Gasteiger partial charge in [0.25, 0.3) is 0 Å². The zero-order valence-corrected chi connectivity index (χ0v) is 11.1. The van der Waals surface area contributed by atoms with Crippen LogP contribution in [0.5, 0.6) is 11.5 Å². The highest BCUT2D eigenvalue weighted by molar-refractivity contribution is 7.99. The largest absolute Gasteiger partial charge is 0.493 e. The van der Waals surface area contributed by atoms with Crippen molar-refractivity contribution in [2.75, 3.05) is 20.5 Å². The van der Waals surface area contributed by atoms with Crippen molar-refractivity contribution >= 4 is 17.5 Å². The van der Waals surface area contributed by atoms with E-state index in [1.807, 2.05) is 18.4 Å². The number of ketones is 1. The van der Waals surface area contributed by atoms with Gasteiger partial charge in [-0.15, -0.1) is 11.8 Å². The van der Waals surface area contributed by atoms with Crippen LogP contribution < -0.4 is 9.47 Å². The fraction of sp³-hybridized carbons (Fsp3) is 0.462. The fourth-order valence-corrected chi connectivity index (χ4v) is 3.18. The van der Waals surface area contributed by atoms with Gasteiger partial charge in [0.15, 0.2) is 17.3 Å². The van der Waals surface area contributed by atoms with Crippen LogP contribution in [0, 0.1) is 0 Å². The summed E-state index contributed by atoms with van der Waals surface area (Å²) in [6, 6.07) is 3.86. The molecule has 3 nitrogen and oxygen atoms in total. The Morgan fingerprint density at radius 2 is 2.00 bits per heavy atom. The summed E-state index contributed by atoms with van der Waals surface area (Å²) in [6.07, 6.45) is 3.29. The zero-order chi connectivity index (χ0) is 12.4. The van der Waals surface area contributed by atoms with E-state index in [0.29, 0.717) is 12.2 Å². The van der Waals surface area contributed by atoms with E-state index in [4.69, 9.17) is 9.47 Å². The maximum atomic E-state index is 11.8. The number of carbonyl (C=O) groups excluding carboxylic acids is 1. The summed E-state index contributed by atoms with van der Waals surface area (Å²) in [7, 11) is 3.27. The van der Waals surface area contributed by atoms with Gasteiger partial charge in [0.05, 0.1) is 19.5 Å². The molecule has 1 aliphatic carbocycles. The zero-order valence-electron chi connectivity index (χ0n) is 10.3. The Morgan fingerprint density at radius 1 is 1.24 bits per heavy atom. The second-order valence-corrected chi connectivity index (χ2v) is 4.89. The van der Waals surface area contributed by atoms with Crippen LogP contribution in [0.4, 0.5) is 0 Å². The number of thioether (sulfide) groups is 1. The minimum Gasteiger partial charge on any atom is -0.493 e. The van der Waals surface area contributed by atoms with E-state index in [-0.39, 0.29) is 5.25 Å². The number of carbonyl (C=O) groups is 1. The molecule has 0 aromatic heterocycles. The SMILES string of the molecule is COc1ccc2c(c1OC)CCC(=O)[C@@H]2SC. The average molecular weight is 252 g/mol. The minimum atomic E-state index is -0.0569. The van der Waals surface area contributed by atoms with Crippen LogP contribution in [0.3, 0.4) is 0 Å². The van der Waals surface area contributed by atoms with Crippen molar-refractivity contribution in [2.24, 2.45) is 0 Å². The summed E-state index contributed by atoms with van der Waals surface area (Å²) in [4.78, 5) is 11.8. The molecule has 4 heteroatoms. The standard InChI is InChI=1S/C13H16O3S/c1-15-11-7-5-9-8(12(11)16-2)4-6-10(14)13(9)17-3/h5,7,13H,4,6H2,1-3H3/t13-/m1/s1. The first kappa shape index (κ1) is 12.3.